The van der Waals surface area contributed by atoms with Gasteiger partial charge in [-0.25, -0.2) is 4.39 Å². The zero-order valence-corrected chi connectivity index (χ0v) is 9.79. The molecule has 94 valence electrons. The Kier molecular flexibility index (Phi) is 3.11. The fourth-order valence-electron chi connectivity index (χ4n) is 1.90. The molecule has 4 nitrogen and oxygen atoms in total. The molecule has 0 unspecified atom stereocenters. The molecule has 1 aliphatic rings. The number of rotatable bonds is 4. The highest BCUT2D eigenvalue weighted by atomic mass is 19.1. The van der Waals surface area contributed by atoms with Crippen LogP contribution < -0.4 is 15.8 Å². The fraction of sp³-hybridized carbons (Fsp3) is 0.500. The van der Waals surface area contributed by atoms with Crippen LogP contribution in [0.5, 0.6) is 5.75 Å². The minimum absolute atomic E-state index is 0.141. The minimum Gasteiger partial charge on any atom is -0.494 e. The third-order valence-electron chi connectivity index (χ3n) is 3.22. The molecule has 0 heterocycles. The molecule has 1 saturated carbocycles. The van der Waals surface area contributed by atoms with E-state index in [1.165, 1.54) is 19.2 Å². The van der Waals surface area contributed by atoms with Crippen molar-refractivity contribution in [1.29, 1.82) is 0 Å². The smallest absolute Gasteiger partial charge is 0.167 e. The summed E-state index contributed by atoms with van der Waals surface area (Å²) in [6.45, 7) is 0.423. The number of aliphatic hydroxyl groups is 1. The molecular weight excluding hydrogens is 223 g/mol. The molecule has 1 fully saturated rings. The summed E-state index contributed by atoms with van der Waals surface area (Å²) in [6.07, 6.45) is 2.62. The maximum Gasteiger partial charge on any atom is 0.167 e. The van der Waals surface area contributed by atoms with Gasteiger partial charge in [-0.05, 0) is 19.3 Å². The summed E-state index contributed by atoms with van der Waals surface area (Å²) in [7, 11) is 1.40. The van der Waals surface area contributed by atoms with Crippen molar-refractivity contribution in [1.82, 2.24) is 0 Å². The Morgan fingerprint density at radius 3 is 2.76 bits per heavy atom. The molecule has 17 heavy (non-hydrogen) atoms. The van der Waals surface area contributed by atoms with Gasteiger partial charge in [0.2, 0.25) is 0 Å². The average Bonchev–Trinajstić information content (AvgIpc) is 2.25. The van der Waals surface area contributed by atoms with Crippen molar-refractivity contribution in [2.45, 2.75) is 24.9 Å². The summed E-state index contributed by atoms with van der Waals surface area (Å²) in [5.74, 6) is -0.347. The summed E-state index contributed by atoms with van der Waals surface area (Å²) in [5, 5.41) is 13.0. The van der Waals surface area contributed by atoms with Crippen LogP contribution in [0, 0.1) is 5.82 Å². The topological polar surface area (TPSA) is 67.5 Å². The summed E-state index contributed by atoms with van der Waals surface area (Å²) in [4.78, 5) is 0. The Morgan fingerprint density at radius 1 is 1.53 bits per heavy atom. The lowest BCUT2D eigenvalue weighted by Gasteiger charge is -2.37. The van der Waals surface area contributed by atoms with Crippen molar-refractivity contribution in [2.24, 2.45) is 0 Å². The first-order valence-electron chi connectivity index (χ1n) is 5.63. The van der Waals surface area contributed by atoms with Crippen LogP contribution in [-0.4, -0.2) is 24.4 Å². The van der Waals surface area contributed by atoms with E-state index in [9.17, 15) is 9.50 Å². The molecular formula is C12H17FN2O2. The number of ether oxygens (including phenoxy) is 1. The zero-order valence-electron chi connectivity index (χ0n) is 9.79. The monoisotopic (exact) mass is 240 g/mol. The van der Waals surface area contributed by atoms with Crippen molar-refractivity contribution in [3.63, 3.8) is 0 Å². The molecule has 5 heteroatoms. The lowest BCUT2D eigenvalue weighted by Crippen LogP contribution is -2.43. The van der Waals surface area contributed by atoms with Crippen molar-refractivity contribution >= 4 is 11.4 Å². The van der Waals surface area contributed by atoms with Gasteiger partial charge < -0.3 is 20.9 Å². The predicted octanol–water partition coefficient (Wildman–Crippen LogP) is 1.74. The number of hydrogen-bond acceptors (Lipinski definition) is 4. The maximum atomic E-state index is 13.3. The molecule has 1 aromatic carbocycles. The van der Waals surface area contributed by atoms with Crippen LogP contribution >= 0.6 is 0 Å². The van der Waals surface area contributed by atoms with Crippen molar-refractivity contribution in [3.8, 4) is 5.75 Å². The van der Waals surface area contributed by atoms with E-state index in [1.54, 1.807) is 0 Å². The fourth-order valence-corrected chi connectivity index (χ4v) is 1.90. The molecule has 0 saturated heterocycles. The van der Waals surface area contributed by atoms with Crippen molar-refractivity contribution < 1.29 is 14.2 Å². The summed E-state index contributed by atoms with van der Waals surface area (Å²) in [5.41, 5.74) is 5.95. The summed E-state index contributed by atoms with van der Waals surface area (Å²) >= 11 is 0. The van der Waals surface area contributed by atoms with E-state index in [1.807, 2.05) is 0 Å². The number of nitrogens with two attached hydrogens (primary N) is 1. The van der Waals surface area contributed by atoms with E-state index in [0.29, 0.717) is 17.9 Å². The van der Waals surface area contributed by atoms with Gasteiger partial charge in [0.1, 0.15) is 0 Å². The van der Waals surface area contributed by atoms with E-state index in [2.05, 4.69) is 5.32 Å². The first-order valence-corrected chi connectivity index (χ1v) is 5.63. The van der Waals surface area contributed by atoms with Crippen LogP contribution in [0.2, 0.25) is 0 Å². The Morgan fingerprint density at radius 2 is 2.24 bits per heavy atom. The van der Waals surface area contributed by atoms with Crippen LogP contribution in [-0.2, 0) is 0 Å². The molecule has 0 aromatic heterocycles. The van der Waals surface area contributed by atoms with Gasteiger partial charge >= 0.3 is 0 Å². The first-order chi connectivity index (χ1) is 8.04. The van der Waals surface area contributed by atoms with Crippen LogP contribution in [0.1, 0.15) is 19.3 Å². The number of nitrogen functional groups attached to an aromatic ring is 1. The Balaban J connectivity index is 2.09. The maximum absolute atomic E-state index is 13.3. The largest absolute Gasteiger partial charge is 0.494 e. The highest BCUT2D eigenvalue weighted by Gasteiger charge is 2.34. The molecule has 1 aromatic rings. The minimum atomic E-state index is -0.645. The quantitative estimate of drug-likeness (QED) is 0.701. The third kappa shape index (κ3) is 2.44. The predicted molar refractivity (Wildman–Crippen MR) is 64.7 cm³/mol. The third-order valence-corrected chi connectivity index (χ3v) is 3.22. The average molecular weight is 240 g/mol. The number of benzene rings is 1. The number of nitrogens with one attached hydrogen (secondary N) is 1. The van der Waals surface area contributed by atoms with E-state index < -0.39 is 11.4 Å². The van der Waals surface area contributed by atoms with E-state index in [4.69, 9.17) is 10.5 Å². The van der Waals surface area contributed by atoms with Crippen LogP contribution in [0.25, 0.3) is 0 Å². The molecule has 2 rings (SSSR count). The first kappa shape index (κ1) is 12.0. The SMILES string of the molecule is COc1cc(NCC2(O)CCC2)c(N)cc1F. The molecule has 0 atom stereocenters. The number of halogens is 1. The Hall–Kier alpha value is -1.49. The van der Waals surface area contributed by atoms with Gasteiger partial charge in [0.25, 0.3) is 0 Å². The molecule has 0 bridgehead atoms. The number of hydrogen-bond donors (Lipinski definition) is 3. The highest BCUT2D eigenvalue weighted by Crippen LogP contribution is 2.33. The normalized spacial score (nSPS) is 17.4. The molecule has 0 radical (unpaired) electrons. The summed E-state index contributed by atoms with van der Waals surface area (Å²) < 4.78 is 18.2. The number of anilines is 2. The zero-order chi connectivity index (χ0) is 12.5. The van der Waals surface area contributed by atoms with Gasteiger partial charge in [-0.3, -0.25) is 0 Å². The van der Waals surface area contributed by atoms with Crippen LogP contribution in [0.3, 0.4) is 0 Å². The highest BCUT2D eigenvalue weighted by molar-refractivity contribution is 5.68. The van der Waals surface area contributed by atoms with Gasteiger partial charge in [-0.15, -0.1) is 0 Å². The Labute approximate surface area is 99.6 Å². The molecule has 0 amide bonds. The van der Waals surface area contributed by atoms with Gasteiger partial charge in [0.15, 0.2) is 11.6 Å². The summed E-state index contributed by atoms with van der Waals surface area (Å²) in [6, 6.07) is 2.72. The van der Waals surface area contributed by atoms with Crippen molar-refractivity contribution in [2.75, 3.05) is 24.7 Å². The van der Waals surface area contributed by atoms with Gasteiger partial charge in [0, 0.05) is 18.7 Å². The van der Waals surface area contributed by atoms with Crippen LogP contribution in [0.15, 0.2) is 12.1 Å². The number of methoxy groups -OCH3 is 1. The lowest BCUT2D eigenvalue weighted by atomic mass is 9.80. The van der Waals surface area contributed by atoms with E-state index >= 15 is 0 Å². The van der Waals surface area contributed by atoms with E-state index in [0.717, 1.165) is 19.3 Å². The molecule has 0 aliphatic heterocycles. The second-order valence-corrected chi connectivity index (χ2v) is 4.51. The van der Waals surface area contributed by atoms with Crippen LogP contribution in [0.4, 0.5) is 15.8 Å². The van der Waals surface area contributed by atoms with Gasteiger partial charge in [-0.1, -0.05) is 0 Å². The Bertz CT molecular complexity index is 419. The van der Waals surface area contributed by atoms with Crippen molar-refractivity contribution in [3.05, 3.63) is 17.9 Å². The standard InChI is InChI=1S/C12H17FN2O2/c1-17-11-6-10(9(14)5-8(11)13)15-7-12(16)3-2-4-12/h5-6,15-16H,2-4,7,14H2,1H3. The molecule has 0 spiro atoms. The second-order valence-electron chi connectivity index (χ2n) is 4.51. The molecule has 1 aliphatic carbocycles. The lowest BCUT2D eigenvalue weighted by molar-refractivity contribution is -0.0201. The molecule has 4 N–H and O–H groups in total. The second kappa shape index (κ2) is 4.41. The van der Waals surface area contributed by atoms with E-state index in [-0.39, 0.29) is 5.75 Å². The van der Waals surface area contributed by atoms with Gasteiger partial charge in [0.05, 0.1) is 24.1 Å². The van der Waals surface area contributed by atoms with Gasteiger partial charge in [-0.2, -0.15) is 0 Å².